The van der Waals surface area contributed by atoms with Crippen LogP contribution in [0, 0.1) is 0 Å². The Morgan fingerprint density at radius 2 is 1.71 bits per heavy atom. The second kappa shape index (κ2) is 6.02. The number of unbranched alkanes of at least 4 members (excludes halogenated alkanes) is 1. The van der Waals surface area contributed by atoms with Crippen LogP contribution >= 0.6 is 0 Å². The van der Waals surface area contributed by atoms with E-state index in [4.69, 9.17) is 0 Å². The van der Waals surface area contributed by atoms with Crippen LogP contribution < -0.4 is 0 Å². The van der Waals surface area contributed by atoms with Gasteiger partial charge in [-0.15, -0.1) is 0 Å². The maximum atomic E-state index is 2.57. The van der Waals surface area contributed by atoms with Crippen LogP contribution in [0.3, 0.4) is 0 Å². The lowest BCUT2D eigenvalue weighted by molar-refractivity contribution is 0.295. The molecule has 1 nitrogen and oxygen atoms in total. The molecule has 1 saturated heterocycles. The Balaban J connectivity index is 2.52. The van der Waals surface area contributed by atoms with E-state index < -0.39 is 0 Å². The summed E-state index contributed by atoms with van der Waals surface area (Å²) in [6.45, 7) is 10.2. The molecule has 0 aromatic rings. The van der Waals surface area contributed by atoms with Crippen LogP contribution in [-0.4, -0.2) is 24.5 Å². The fourth-order valence-electron chi connectivity index (χ4n) is 1.96. The molecule has 0 N–H and O–H groups in total. The summed E-state index contributed by atoms with van der Waals surface area (Å²) in [7, 11) is 0. The first-order valence-electron chi connectivity index (χ1n) is 5.80. The summed E-state index contributed by atoms with van der Waals surface area (Å²) in [5.74, 6) is 0. The molecule has 0 aromatic carbocycles. The van der Waals surface area contributed by atoms with E-state index in [0.29, 0.717) is 0 Å². The van der Waals surface area contributed by atoms with E-state index in [9.17, 15) is 0 Å². The molecular weight excluding hydrogens is 170 g/mol. The Morgan fingerprint density at radius 1 is 1.14 bits per heavy atom. The van der Waals surface area contributed by atoms with Gasteiger partial charge in [0.15, 0.2) is 0 Å². The zero-order valence-corrected chi connectivity index (χ0v) is 9.84. The Kier molecular flexibility index (Phi) is 4.95. The molecule has 0 spiro atoms. The van der Waals surface area contributed by atoms with Crippen LogP contribution in [0.1, 0.15) is 40.0 Å². The predicted molar refractivity (Wildman–Crippen MR) is 63.5 cm³/mol. The first-order valence-corrected chi connectivity index (χ1v) is 5.80. The van der Waals surface area contributed by atoms with Gasteiger partial charge in [0.2, 0.25) is 0 Å². The summed E-state index contributed by atoms with van der Waals surface area (Å²) in [5.41, 5.74) is 3.17. The van der Waals surface area contributed by atoms with Gasteiger partial charge in [0.1, 0.15) is 0 Å². The second-order valence-electron chi connectivity index (χ2n) is 4.13. The molecule has 0 atom stereocenters. The highest BCUT2D eigenvalue weighted by Gasteiger charge is 2.15. The van der Waals surface area contributed by atoms with Crippen molar-refractivity contribution in [3.05, 3.63) is 23.3 Å². The van der Waals surface area contributed by atoms with Crippen LogP contribution in [0.5, 0.6) is 0 Å². The zero-order chi connectivity index (χ0) is 10.4. The first-order chi connectivity index (χ1) is 6.80. The second-order valence-corrected chi connectivity index (χ2v) is 4.13. The minimum absolute atomic E-state index is 1.19. The molecule has 80 valence electrons. The molecule has 1 heterocycles. The van der Waals surface area contributed by atoms with E-state index in [1.165, 1.54) is 38.9 Å². The minimum Gasteiger partial charge on any atom is -0.295 e. The standard InChI is InChI=1S/C13H23N/c1-4-7-8-14-10-12(5-2)9-13(6-3)11-14/h5-6H,4,7-11H2,1-3H3/b12-5+,13-6+. The average Bonchev–Trinajstić information content (AvgIpc) is 2.25. The number of hydrogen-bond donors (Lipinski definition) is 0. The largest absolute Gasteiger partial charge is 0.295 e. The molecule has 0 aromatic heterocycles. The summed E-state index contributed by atoms with van der Waals surface area (Å²) in [4.78, 5) is 2.57. The third kappa shape index (κ3) is 3.30. The molecule has 1 fully saturated rings. The highest BCUT2D eigenvalue weighted by molar-refractivity contribution is 5.21. The molecule has 0 aliphatic carbocycles. The lowest BCUT2D eigenvalue weighted by Gasteiger charge is -2.30. The topological polar surface area (TPSA) is 3.24 Å². The number of hydrogen-bond acceptors (Lipinski definition) is 1. The van der Waals surface area contributed by atoms with Crippen LogP contribution in [0.2, 0.25) is 0 Å². The maximum Gasteiger partial charge on any atom is 0.0199 e. The van der Waals surface area contributed by atoms with E-state index in [1.54, 1.807) is 11.1 Å². The minimum atomic E-state index is 1.19. The summed E-state index contributed by atoms with van der Waals surface area (Å²) in [6, 6.07) is 0. The Labute approximate surface area is 88.5 Å². The highest BCUT2D eigenvalue weighted by Crippen LogP contribution is 2.20. The van der Waals surface area contributed by atoms with Crippen LogP contribution in [0.4, 0.5) is 0 Å². The molecule has 1 aliphatic heterocycles. The molecule has 0 saturated carbocycles. The molecular formula is C13H23N. The molecule has 0 radical (unpaired) electrons. The molecule has 1 aliphatic rings. The molecule has 14 heavy (non-hydrogen) atoms. The van der Waals surface area contributed by atoms with Gasteiger partial charge in [-0.3, -0.25) is 4.90 Å². The molecule has 0 amide bonds. The number of allylic oxidation sites excluding steroid dienone is 2. The van der Waals surface area contributed by atoms with Gasteiger partial charge in [0.05, 0.1) is 0 Å². The summed E-state index contributed by atoms with van der Waals surface area (Å²) < 4.78 is 0. The smallest absolute Gasteiger partial charge is 0.0199 e. The van der Waals surface area contributed by atoms with E-state index in [0.717, 1.165) is 0 Å². The third-order valence-electron chi connectivity index (χ3n) is 2.95. The Morgan fingerprint density at radius 3 is 2.14 bits per heavy atom. The van der Waals surface area contributed by atoms with Crippen molar-refractivity contribution in [2.75, 3.05) is 19.6 Å². The van der Waals surface area contributed by atoms with Crippen molar-refractivity contribution in [2.24, 2.45) is 0 Å². The average molecular weight is 193 g/mol. The van der Waals surface area contributed by atoms with E-state index in [2.05, 4.69) is 37.8 Å². The third-order valence-corrected chi connectivity index (χ3v) is 2.95. The Bertz CT molecular complexity index is 205. The first kappa shape index (κ1) is 11.5. The Hall–Kier alpha value is -0.560. The van der Waals surface area contributed by atoms with Crippen molar-refractivity contribution in [3.63, 3.8) is 0 Å². The summed E-state index contributed by atoms with van der Waals surface area (Å²) in [6.07, 6.45) is 8.39. The fraction of sp³-hybridized carbons (Fsp3) is 0.692. The van der Waals surface area contributed by atoms with Gasteiger partial charge in [-0.1, -0.05) is 36.6 Å². The number of nitrogens with zero attached hydrogens (tertiary/aromatic N) is 1. The van der Waals surface area contributed by atoms with Gasteiger partial charge in [-0.25, -0.2) is 0 Å². The van der Waals surface area contributed by atoms with Crippen LogP contribution in [0.25, 0.3) is 0 Å². The van der Waals surface area contributed by atoms with Crippen LogP contribution in [-0.2, 0) is 0 Å². The molecule has 0 bridgehead atoms. The number of rotatable bonds is 3. The number of piperidine rings is 1. The molecule has 1 rings (SSSR count). The van der Waals surface area contributed by atoms with Crippen molar-refractivity contribution < 1.29 is 0 Å². The summed E-state index contributed by atoms with van der Waals surface area (Å²) in [5, 5.41) is 0. The van der Waals surface area contributed by atoms with Gasteiger partial charge in [0.25, 0.3) is 0 Å². The zero-order valence-electron chi connectivity index (χ0n) is 9.84. The van der Waals surface area contributed by atoms with E-state index in [-0.39, 0.29) is 0 Å². The lowest BCUT2D eigenvalue weighted by atomic mass is 9.99. The normalized spacial score (nSPS) is 24.8. The van der Waals surface area contributed by atoms with E-state index >= 15 is 0 Å². The van der Waals surface area contributed by atoms with Gasteiger partial charge in [-0.2, -0.15) is 0 Å². The van der Waals surface area contributed by atoms with Gasteiger partial charge < -0.3 is 0 Å². The van der Waals surface area contributed by atoms with Crippen LogP contribution in [0.15, 0.2) is 23.3 Å². The number of likely N-dealkylation sites (tertiary alicyclic amines) is 1. The predicted octanol–water partition coefficient (Wildman–Crippen LogP) is 3.38. The van der Waals surface area contributed by atoms with Crippen molar-refractivity contribution in [1.29, 1.82) is 0 Å². The molecule has 0 unspecified atom stereocenters. The van der Waals surface area contributed by atoms with Gasteiger partial charge in [-0.05, 0) is 33.2 Å². The SMILES string of the molecule is C/C=C1\C/C(=C\C)CN(CCCC)C1. The van der Waals surface area contributed by atoms with Crippen molar-refractivity contribution in [2.45, 2.75) is 40.0 Å². The molecule has 1 heteroatoms. The monoisotopic (exact) mass is 193 g/mol. The summed E-state index contributed by atoms with van der Waals surface area (Å²) >= 11 is 0. The van der Waals surface area contributed by atoms with Gasteiger partial charge in [0, 0.05) is 13.1 Å². The van der Waals surface area contributed by atoms with Crippen molar-refractivity contribution in [1.82, 2.24) is 4.90 Å². The lowest BCUT2D eigenvalue weighted by Crippen LogP contribution is -2.33. The van der Waals surface area contributed by atoms with E-state index in [1.807, 2.05) is 0 Å². The fourth-order valence-corrected chi connectivity index (χ4v) is 1.96. The highest BCUT2D eigenvalue weighted by atomic mass is 15.1. The van der Waals surface area contributed by atoms with Crippen molar-refractivity contribution in [3.8, 4) is 0 Å². The maximum absolute atomic E-state index is 2.57. The van der Waals surface area contributed by atoms with Crippen molar-refractivity contribution >= 4 is 0 Å². The quantitative estimate of drug-likeness (QED) is 0.621. The van der Waals surface area contributed by atoms with Gasteiger partial charge >= 0.3 is 0 Å².